The number of hydrogen-bond acceptors (Lipinski definition) is 5. The highest BCUT2D eigenvalue weighted by Gasteiger charge is 2.16. The standard InChI is InChI=1S/C11H8F2N2O5/c12-5-1-2-7(6(13)3-5)14-15-10(11(19)20)8(16)4-9(17)18/h1-3,16H,4H2,(H,17,18)(H,19,20). The summed E-state index contributed by atoms with van der Waals surface area (Å²) < 4.78 is 25.8. The Morgan fingerprint density at radius 2 is 1.80 bits per heavy atom. The number of benzene rings is 1. The van der Waals surface area contributed by atoms with Gasteiger partial charge in [0.15, 0.2) is 5.82 Å². The van der Waals surface area contributed by atoms with Crippen LogP contribution in [0.4, 0.5) is 14.5 Å². The number of halogens is 2. The zero-order chi connectivity index (χ0) is 15.3. The van der Waals surface area contributed by atoms with Crippen molar-refractivity contribution >= 4 is 17.6 Å². The largest absolute Gasteiger partial charge is 0.509 e. The van der Waals surface area contributed by atoms with Crippen molar-refractivity contribution in [2.24, 2.45) is 10.2 Å². The molecule has 3 N–H and O–H groups in total. The summed E-state index contributed by atoms with van der Waals surface area (Å²) in [6.07, 6.45) is -0.980. The van der Waals surface area contributed by atoms with Crippen molar-refractivity contribution in [3.63, 3.8) is 0 Å². The first-order chi connectivity index (χ1) is 9.31. The van der Waals surface area contributed by atoms with E-state index in [1.807, 2.05) is 0 Å². The molecule has 0 saturated heterocycles. The first kappa shape index (κ1) is 15.2. The Kier molecular flexibility index (Phi) is 4.84. The van der Waals surface area contributed by atoms with Gasteiger partial charge in [-0.15, -0.1) is 10.2 Å². The van der Waals surface area contributed by atoms with Crippen LogP contribution in [0.2, 0.25) is 0 Å². The number of azo groups is 1. The van der Waals surface area contributed by atoms with Crippen molar-refractivity contribution in [2.75, 3.05) is 0 Å². The first-order valence-corrected chi connectivity index (χ1v) is 5.05. The van der Waals surface area contributed by atoms with Crippen molar-refractivity contribution in [3.05, 3.63) is 41.3 Å². The van der Waals surface area contributed by atoms with Gasteiger partial charge in [0.25, 0.3) is 0 Å². The van der Waals surface area contributed by atoms with Crippen LogP contribution < -0.4 is 0 Å². The van der Waals surface area contributed by atoms with E-state index in [0.717, 1.165) is 12.1 Å². The molecule has 0 amide bonds. The molecule has 1 aromatic carbocycles. The van der Waals surface area contributed by atoms with Gasteiger partial charge in [-0.1, -0.05) is 0 Å². The second-order valence-electron chi connectivity index (χ2n) is 3.47. The van der Waals surface area contributed by atoms with Gasteiger partial charge in [-0.2, -0.15) is 0 Å². The second-order valence-corrected chi connectivity index (χ2v) is 3.47. The number of hydrogen-bond donors (Lipinski definition) is 3. The highest BCUT2D eigenvalue weighted by Crippen LogP contribution is 2.20. The monoisotopic (exact) mass is 286 g/mol. The fourth-order valence-electron chi connectivity index (χ4n) is 1.12. The number of aliphatic carboxylic acids is 2. The lowest BCUT2D eigenvalue weighted by Gasteiger charge is -1.99. The molecule has 0 radical (unpaired) electrons. The number of rotatable bonds is 5. The molecule has 0 aliphatic carbocycles. The lowest BCUT2D eigenvalue weighted by molar-refractivity contribution is -0.136. The van der Waals surface area contributed by atoms with Gasteiger partial charge in [0.05, 0.1) is 0 Å². The van der Waals surface area contributed by atoms with E-state index in [2.05, 4.69) is 10.2 Å². The molecule has 0 heterocycles. The van der Waals surface area contributed by atoms with Crippen LogP contribution in [0, 0.1) is 11.6 Å². The molecule has 0 fully saturated rings. The smallest absolute Gasteiger partial charge is 0.359 e. The molecular weight excluding hydrogens is 278 g/mol. The molecular formula is C11H8F2N2O5. The fourth-order valence-corrected chi connectivity index (χ4v) is 1.12. The summed E-state index contributed by atoms with van der Waals surface area (Å²) in [6, 6.07) is 2.29. The minimum absolute atomic E-state index is 0.465. The van der Waals surface area contributed by atoms with Crippen LogP contribution in [0.5, 0.6) is 0 Å². The van der Waals surface area contributed by atoms with Gasteiger partial charge >= 0.3 is 11.9 Å². The number of carboxylic acid groups (broad SMARTS) is 2. The summed E-state index contributed by atoms with van der Waals surface area (Å²) in [7, 11) is 0. The van der Waals surface area contributed by atoms with E-state index >= 15 is 0 Å². The van der Waals surface area contributed by atoms with Crippen LogP contribution in [0.15, 0.2) is 39.9 Å². The number of carbonyl (C=O) groups is 2. The van der Waals surface area contributed by atoms with E-state index in [0.29, 0.717) is 6.07 Å². The Hall–Kier alpha value is -2.84. The summed E-state index contributed by atoms with van der Waals surface area (Å²) in [5, 5.41) is 32.6. The van der Waals surface area contributed by atoms with Gasteiger partial charge in [-0.25, -0.2) is 13.6 Å². The van der Waals surface area contributed by atoms with Crippen molar-refractivity contribution < 1.29 is 33.7 Å². The van der Waals surface area contributed by atoms with Gasteiger partial charge in [0, 0.05) is 6.07 Å². The summed E-state index contributed by atoms with van der Waals surface area (Å²) in [5.41, 5.74) is -1.51. The molecule has 20 heavy (non-hydrogen) atoms. The lowest BCUT2D eigenvalue weighted by atomic mass is 10.3. The summed E-state index contributed by atoms with van der Waals surface area (Å²) in [6.45, 7) is 0. The average molecular weight is 286 g/mol. The summed E-state index contributed by atoms with van der Waals surface area (Å²) in [5.74, 6) is -6.21. The molecule has 0 bridgehead atoms. The van der Waals surface area contributed by atoms with Crippen LogP contribution >= 0.6 is 0 Å². The topological polar surface area (TPSA) is 120 Å². The molecule has 0 aliphatic rings. The van der Waals surface area contributed by atoms with E-state index in [1.165, 1.54) is 0 Å². The molecule has 1 rings (SSSR count). The van der Waals surface area contributed by atoms with Crippen LogP contribution in [-0.4, -0.2) is 27.3 Å². The highest BCUT2D eigenvalue weighted by atomic mass is 19.1. The SMILES string of the molecule is O=C(O)CC(O)=C(N=Nc1ccc(F)cc1F)C(=O)O. The van der Waals surface area contributed by atoms with Crippen LogP contribution in [0.1, 0.15) is 6.42 Å². The van der Waals surface area contributed by atoms with Crippen LogP contribution in [-0.2, 0) is 9.59 Å². The molecule has 0 aliphatic heterocycles. The molecule has 0 aromatic heterocycles. The van der Waals surface area contributed by atoms with E-state index in [9.17, 15) is 23.5 Å². The first-order valence-electron chi connectivity index (χ1n) is 5.05. The number of carboxylic acids is 2. The lowest BCUT2D eigenvalue weighted by Crippen LogP contribution is -2.06. The number of aliphatic hydroxyl groups is 1. The van der Waals surface area contributed by atoms with Crippen molar-refractivity contribution in [3.8, 4) is 0 Å². The summed E-state index contributed by atoms with van der Waals surface area (Å²) in [4.78, 5) is 21.1. The maximum absolute atomic E-state index is 13.2. The molecule has 1 aromatic rings. The molecule has 0 unspecified atom stereocenters. The quantitative estimate of drug-likeness (QED) is 0.436. The van der Waals surface area contributed by atoms with Crippen LogP contribution in [0.25, 0.3) is 0 Å². The van der Waals surface area contributed by atoms with Crippen molar-refractivity contribution in [1.29, 1.82) is 0 Å². The molecule has 9 heteroatoms. The third kappa shape index (κ3) is 4.12. The maximum atomic E-state index is 13.2. The van der Waals surface area contributed by atoms with Gasteiger partial charge in [-0.05, 0) is 12.1 Å². The van der Waals surface area contributed by atoms with Gasteiger partial charge in [0.2, 0.25) is 5.70 Å². The number of nitrogens with zero attached hydrogens (tertiary/aromatic N) is 2. The summed E-state index contributed by atoms with van der Waals surface area (Å²) >= 11 is 0. The Labute approximate surface area is 110 Å². The van der Waals surface area contributed by atoms with Gasteiger partial charge in [-0.3, -0.25) is 4.79 Å². The minimum atomic E-state index is -1.74. The van der Waals surface area contributed by atoms with Crippen LogP contribution in [0.3, 0.4) is 0 Å². The molecule has 0 spiro atoms. The maximum Gasteiger partial charge on any atom is 0.359 e. The van der Waals surface area contributed by atoms with Crippen molar-refractivity contribution in [2.45, 2.75) is 6.42 Å². The Morgan fingerprint density at radius 3 is 2.30 bits per heavy atom. The third-order valence-corrected chi connectivity index (χ3v) is 1.96. The minimum Gasteiger partial charge on any atom is -0.509 e. The van der Waals surface area contributed by atoms with Gasteiger partial charge in [0.1, 0.15) is 23.7 Å². The highest BCUT2D eigenvalue weighted by molar-refractivity contribution is 5.87. The van der Waals surface area contributed by atoms with Crippen molar-refractivity contribution in [1.82, 2.24) is 0 Å². The molecule has 0 atom stereocenters. The van der Waals surface area contributed by atoms with Gasteiger partial charge < -0.3 is 15.3 Å². The fraction of sp³-hybridized carbons (Fsp3) is 0.0909. The molecule has 106 valence electrons. The van der Waals surface area contributed by atoms with E-state index < -0.39 is 47.1 Å². The Morgan fingerprint density at radius 1 is 1.15 bits per heavy atom. The van der Waals surface area contributed by atoms with E-state index in [-0.39, 0.29) is 0 Å². The number of aliphatic hydroxyl groups excluding tert-OH is 1. The third-order valence-electron chi connectivity index (χ3n) is 1.96. The predicted molar refractivity (Wildman–Crippen MR) is 60.4 cm³/mol. The zero-order valence-corrected chi connectivity index (χ0v) is 9.75. The average Bonchev–Trinajstić information content (AvgIpc) is 2.30. The Balaban J connectivity index is 3.10. The molecule has 7 nitrogen and oxygen atoms in total. The second kappa shape index (κ2) is 6.36. The van der Waals surface area contributed by atoms with E-state index in [4.69, 9.17) is 10.2 Å². The zero-order valence-electron chi connectivity index (χ0n) is 9.75. The molecule has 0 saturated carbocycles. The predicted octanol–water partition coefficient (Wildman–Crippen LogP) is 2.38. The normalized spacial score (nSPS) is 12.3. The van der Waals surface area contributed by atoms with E-state index in [1.54, 1.807) is 0 Å². The Bertz CT molecular complexity index is 613.